The number of hydrogen-bond acceptors (Lipinski definition) is 4. The molecule has 0 spiro atoms. The van der Waals surface area contributed by atoms with Gasteiger partial charge in [-0.2, -0.15) is 0 Å². The largest absolute Gasteiger partial charge is 0.378 e. The van der Waals surface area contributed by atoms with Crippen molar-refractivity contribution in [3.8, 4) is 0 Å². The van der Waals surface area contributed by atoms with Crippen molar-refractivity contribution in [2.45, 2.75) is 63.4 Å². The van der Waals surface area contributed by atoms with E-state index >= 15 is 0 Å². The van der Waals surface area contributed by atoms with E-state index in [1.807, 2.05) is 13.8 Å². The maximum absolute atomic E-state index is 13.4. The van der Waals surface area contributed by atoms with Gasteiger partial charge >= 0.3 is 0 Å². The molecule has 0 radical (unpaired) electrons. The first-order valence-corrected chi connectivity index (χ1v) is 13.3. The third kappa shape index (κ3) is 7.19. The SMILES string of the molecule is Cc1ccc(S(=O)(=O)N(CC(=O)NCCCOC2CCCCC2)c2ccc(C)c(Cl)c2)cc1. The Kier molecular flexibility index (Phi) is 9.18. The molecular weight excluding hydrogens is 460 g/mol. The molecule has 1 amide bonds. The van der Waals surface area contributed by atoms with Crippen molar-refractivity contribution in [1.82, 2.24) is 5.32 Å². The molecule has 1 saturated carbocycles. The number of amides is 1. The maximum Gasteiger partial charge on any atom is 0.264 e. The molecule has 2 aromatic carbocycles. The van der Waals surface area contributed by atoms with E-state index in [0.717, 1.165) is 28.3 Å². The smallest absolute Gasteiger partial charge is 0.264 e. The van der Waals surface area contributed by atoms with Crippen molar-refractivity contribution in [2.24, 2.45) is 0 Å². The van der Waals surface area contributed by atoms with Gasteiger partial charge in [-0.05, 0) is 62.9 Å². The Morgan fingerprint density at radius 1 is 1.09 bits per heavy atom. The number of nitrogens with one attached hydrogen (secondary N) is 1. The predicted molar refractivity (Wildman–Crippen MR) is 132 cm³/mol. The van der Waals surface area contributed by atoms with Gasteiger partial charge in [0.15, 0.2) is 0 Å². The summed E-state index contributed by atoms with van der Waals surface area (Å²) >= 11 is 6.26. The van der Waals surface area contributed by atoms with E-state index < -0.39 is 10.0 Å². The Bertz CT molecular complexity index is 1030. The highest BCUT2D eigenvalue weighted by Crippen LogP contribution is 2.28. The molecule has 0 heterocycles. The molecule has 0 aliphatic heterocycles. The number of carbonyl (C=O) groups is 1. The third-order valence-electron chi connectivity index (χ3n) is 5.89. The van der Waals surface area contributed by atoms with Crippen molar-refractivity contribution in [2.75, 3.05) is 24.0 Å². The first-order valence-electron chi connectivity index (χ1n) is 11.5. The lowest BCUT2D eigenvalue weighted by Crippen LogP contribution is -2.41. The van der Waals surface area contributed by atoms with Crippen molar-refractivity contribution >= 4 is 33.2 Å². The Hall–Kier alpha value is -2.09. The van der Waals surface area contributed by atoms with Crippen molar-refractivity contribution in [3.05, 3.63) is 58.6 Å². The topological polar surface area (TPSA) is 75.7 Å². The van der Waals surface area contributed by atoms with Gasteiger partial charge in [0.2, 0.25) is 5.91 Å². The number of ether oxygens (including phenoxy) is 1. The number of anilines is 1. The Morgan fingerprint density at radius 2 is 1.79 bits per heavy atom. The van der Waals surface area contributed by atoms with Crippen molar-refractivity contribution in [1.29, 1.82) is 0 Å². The van der Waals surface area contributed by atoms with Crippen LogP contribution < -0.4 is 9.62 Å². The van der Waals surface area contributed by atoms with Crippen molar-refractivity contribution < 1.29 is 17.9 Å². The van der Waals surface area contributed by atoms with Gasteiger partial charge in [-0.3, -0.25) is 9.10 Å². The van der Waals surface area contributed by atoms with E-state index in [1.54, 1.807) is 42.5 Å². The van der Waals surface area contributed by atoms with Crippen LogP contribution in [0.2, 0.25) is 5.02 Å². The lowest BCUT2D eigenvalue weighted by Gasteiger charge is -2.25. The quantitative estimate of drug-likeness (QED) is 0.473. The molecule has 0 saturated heterocycles. The number of carbonyl (C=O) groups excluding carboxylic acids is 1. The van der Waals surface area contributed by atoms with Crippen LogP contribution in [0, 0.1) is 13.8 Å². The van der Waals surface area contributed by atoms with Gasteiger partial charge in [-0.15, -0.1) is 0 Å². The lowest BCUT2D eigenvalue weighted by molar-refractivity contribution is -0.119. The van der Waals surface area contributed by atoms with Crippen LogP contribution in [0.25, 0.3) is 0 Å². The van der Waals surface area contributed by atoms with Crippen LogP contribution in [0.5, 0.6) is 0 Å². The summed E-state index contributed by atoms with van der Waals surface area (Å²) in [6.07, 6.45) is 6.95. The normalized spacial score (nSPS) is 14.8. The molecule has 3 rings (SSSR count). The lowest BCUT2D eigenvalue weighted by atomic mass is 9.98. The summed E-state index contributed by atoms with van der Waals surface area (Å²) in [6.45, 7) is 4.41. The van der Waals surface area contributed by atoms with Crippen LogP contribution in [0.1, 0.15) is 49.7 Å². The average Bonchev–Trinajstić information content (AvgIpc) is 2.80. The molecule has 1 aliphatic rings. The number of benzene rings is 2. The molecule has 6 nitrogen and oxygen atoms in total. The highest BCUT2D eigenvalue weighted by molar-refractivity contribution is 7.92. The van der Waals surface area contributed by atoms with Gasteiger partial charge < -0.3 is 10.1 Å². The molecule has 1 aliphatic carbocycles. The fourth-order valence-electron chi connectivity index (χ4n) is 3.86. The van der Waals surface area contributed by atoms with Gasteiger partial charge in [-0.1, -0.05) is 54.6 Å². The van der Waals surface area contributed by atoms with Gasteiger partial charge in [0, 0.05) is 18.2 Å². The minimum absolute atomic E-state index is 0.124. The van der Waals surface area contributed by atoms with Crippen LogP contribution in [0.3, 0.4) is 0 Å². The van der Waals surface area contributed by atoms with E-state index in [2.05, 4.69) is 5.32 Å². The van der Waals surface area contributed by atoms with Crippen molar-refractivity contribution in [3.63, 3.8) is 0 Å². The monoisotopic (exact) mass is 492 g/mol. The van der Waals surface area contributed by atoms with E-state index in [1.165, 1.54) is 19.3 Å². The first-order chi connectivity index (χ1) is 15.8. The average molecular weight is 493 g/mol. The summed E-state index contributed by atoms with van der Waals surface area (Å²) < 4.78 is 33.8. The molecule has 0 atom stereocenters. The fourth-order valence-corrected chi connectivity index (χ4v) is 5.45. The summed E-state index contributed by atoms with van der Waals surface area (Å²) in [5.41, 5.74) is 2.13. The zero-order valence-electron chi connectivity index (χ0n) is 19.3. The highest BCUT2D eigenvalue weighted by atomic mass is 35.5. The maximum atomic E-state index is 13.4. The number of aryl methyl sites for hydroxylation is 2. The van der Waals surface area contributed by atoms with E-state index in [-0.39, 0.29) is 17.3 Å². The molecule has 2 aromatic rings. The molecular formula is C25H33ClN2O4S. The third-order valence-corrected chi connectivity index (χ3v) is 8.08. The number of rotatable bonds is 10. The summed E-state index contributed by atoms with van der Waals surface area (Å²) in [7, 11) is -3.96. The highest BCUT2D eigenvalue weighted by Gasteiger charge is 2.27. The van der Waals surface area contributed by atoms with Crippen LogP contribution in [-0.4, -0.2) is 40.1 Å². The second-order valence-corrected chi connectivity index (χ2v) is 10.9. The second-order valence-electron chi connectivity index (χ2n) is 8.59. The molecule has 33 heavy (non-hydrogen) atoms. The zero-order chi connectivity index (χ0) is 23.8. The molecule has 1 fully saturated rings. The molecule has 180 valence electrons. The summed E-state index contributed by atoms with van der Waals surface area (Å²) in [5.74, 6) is -0.375. The molecule has 0 bridgehead atoms. The Labute approximate surface area is 202 Å². The van der Waals surface area contributed by atoms with Gasteiger partial charge in [0.1, 0.15) is 6.54 Å². The van der Waals surface area contributed by atoms with E-state index in [9.17, 15) is 13.2 Å². The summed E-state index contributed by atoms with van der Waals surface area (Å²) in [5, 5.41) is 3.26. The van der Waals surface area contributed by atoms with Crippen LogP contribution in [0.15, 0.2) is 47.4 Å². The zero-order valence-corrected chi connectivity index (χ0v) is 20.9. The van der Waals surface area contributed by atoms with Gasteiger partial charge in [-0.25, -0.2) is 8.42 Å². The second kappa shape index (κ2) is 11.9. The number of halogens is 1. The first kappa shape index (κ1) is 25.5. The van der Waals surface area contributed by atoms with E-state index in [4.69, 9.17) is 16.3 Å². The molecule has 8 heteroatoms. The standard InChI is InChI=1S/C25H33ClN2O4S/c1-19-9-13-23(14-10-19)33(30,31)28(21-12-11-20(2)24(26)17-21)18-25(29)27-15-6-16-32-22-7-4-3-5-8-22/h9-14,17,22H,3-8,15-16,18H2,1-2H3,(H,27,29). The van der Waals surface area contributed by atoms with Crippen LogP contribution in [-0.2, 0) is 19.6 Å². The molecule has 1 N–H and O–H groups in total. The number of nitrogens with zero attached hydrogens (tertiary/aromatic N) is 1. The summed E-state index contributed by atoms with van der Waals surface area (Å²) in [6, 6.07) is 11.6. The molecule has 0 aromatic heterocycles. The summed E-state index contributed by atoms with van der Waals surface area (Å²) in [4.78, 5) is 12.8. The van der Waals surface area contributed by atoms with Crippen LogP contribution in [0.4, 0.5) is 5.69 Å². The van der Waals surface area contributed by atoms with Gasteiger partial charge in [0.05, 0.1) is 16.7 Å². The fraction of sp³-hybridized carbons (Fsp3) is 0.480. The number of sulfonamides is 1. The predicted octanol–water partition coefficient (Wildman–Crippen LogP) is 5.01. The molecule has 0 unspecified atom stereocenters. The number of hydrogen-bond donors (Lipinski definition) is 1. The Morgan fingerprint density at radius 3 is 2.45 bits per heavy atom. The minimum Gasteiger partial charge on any atom is -0.378 e. The Balaban J connectivity index is 1.65. The minimum atomic E-state index is -3.96. The van der Waals surface area contributed by atoms with Crippen LogP contribution >= 0.6 is 11.6 Å². The van der Waals surface area contributed by atoms with E-state index in [0.29, 0.717) is 36.4 Å². The van der Waals surface area contributed by atoms with Gasteiger partial charge in [0.25, 0.3) is 10.0 Å².